The highest BCUT2D eigenvalue weighted by molar-refractivity contribution is 5.46. The lowest BCUT2D eigenvalue weighted by molar-refractivity contribution is 0.569. The van der Waals surface area contributed by atoms with Gasteiger partial charge in [-0.25, -0.2) is 0 Å². The minimum Gasteiger partial charge on any atom is -0.355 e. The first-order valence-corrected chi connectivity index (χ1v) is 8.79. The zero-order valence-corrected chi connectivity index (χ0v) is 14.3. The number of aryl methyl sites for hydroxylation is 1. The van der Waals surface area contributed by atoms with Crippen LogP contribution >= 0.6 is 0 Å². The van der Waals surface area contributed by atoms with Crippen molar-refractivity contribution in [3.63, 3.8) is 0 Å². The molecule has 3 rings (SSSR count). The van der Waals surface area contributed by atoms with E-state index >= 15 is 0 Å². The second-order valence-corrected chi connectivity index (χ2v) is 6.00. The molecule has 0 saturated carbocycles. The molecule has 1 saturated heterocycles. The molecule has 1 fully saturated rings. The van der Waals surface area contributed by atoms with E-state index in [1.807, 2.05) is 41.8 Å². The maximum Gasteiger partial charge on any atom is 0.178 e. The highest BCUT2D eigenvalue weighted by Crippen LogP contribution is 2.18. The Morgan fingerprint density at radius 3 is 2.67 bits per heavy atom. The lowest BCUT2D eigenvalue weighted by atomic mass is 10.1. The quantitative estimate of drug-likeness (QED) is 0.760. The molecule has 0 unspecified atom stereocenters. The summed E-state index contributed by atoms with van der Waals surface area (Å²) < 4.78 is 1.90. The number of rotatable bonds is 6. The molecule has 24 heavy (non-hydrogen) atoms. The predicted octanol–water partition coefficient (Wildman–Crippen LogP) is 3.74. The molecule has 0 aromatic carbocycles. The molecular formula is C19H25N5. The second-order valence-electron chi connectivity index (χ2n) is 6.00. The molecule has 0 radical (unpaired) electrons. The van der Waals surface area contributed by atoms with E-state index in [1.165, 1.54) is 19.3 Å². The molecule has 1 aliphatic rings. The molecule has 3 heterocycles. The largest absolute Gasteiger partial charge is 0.355 e. The summed E-state index contributed by atoms with van der Waals surface area (Å²) in [5.74, 6) is 1.96. The average Bonchev–Trinajstić information content (AvgIpc) is 3.04. The van der Waals surface area contributed by atoms with Crippen LogP contribution in [0, 0.1) is 0 Å². The van der Waals surface area contributed by atoms with Crippen molar-refractivity contribution in [2.45, 2.75) is 39.0 Å². The SMILES string of the molecule is C\C=C/C=C\C=C\CCc1nnc2ccc(N3CCCCC3)nn12. The Hall–Kier alpha value is -2.43. The van der Waals surface area contributed by atoms with Gasteiger partial charge in [0.25, 0.3) is 0 Å². The van der Waals surface area contributed by atoms with Crippen molar-refractivity contribution in [1.29, 1.82) is 0 Å². The van der Waals surface area contributed by atoms with Crippen molar-refractivity contribution in [1.82, 2.24) is 19.8 Å². The van der Waals surface area contributed by atoms with Gasteiger partial charge in [-0.05, 0) is 44.7 Å². The third-order valence-electron chi connectivity index (χ3n) is 4.19. The molecule has 0 atom stereocenters. The van der Waals surface area contributed by atoms with Crippen molar-refractivity contribution >= 4 is 11.5 Å². The summed E-state index contributed by atoms with van der Waals surface area (Å²) in [7, 11) is 0. The molecule has 0 amide bonds. The van der Waals surface area contributed by atoms with Gasteiger partial charge in [0.15, 0.2) is 11.5 Å². The van der Waals surface area contributed by atoms with Crippen LogP contribution < -0.4 is 4.90 Å². The summed E-state index contributed by atoms with van der Waals surface area (Å²) >= 11 is 0. The minimum absolute atomic E-state index is 0.822. The standard InChI is InChI=1S/C19H25N5/c1-2-3-4-5-6-7-9-12-17-20-21-18-13-14-19(22-24(17)18)23-15-10-8-11-16-23/h2-7,13-14H,8-12,15-16H2,1H3/b3-2-,5-4-,7-6+. The molecule has 5 heteroatoms. The van der Waals surface area contributed by atoms with E-state index in [2.05, 4.69) is 33.3 Å². The molecular weight excluding hydrogens is 298 g/mol. The van der Waals surface area contributed by atoms with Crippen molar-refractivity contribution < 1.29 is 0 Å². The van der Waals surface area contributed by atoms with Crippen LogP contribution in [0.4, 0.5) is 5.82 Å². The second kappa shape index (κ2) is 8.43. The fourth-order valence-corrected chi connectivity index (χ4v) is 2.90. The third kappa shape index (κ3) is 4.10. The van der Waals surface area contributed by atoms with Gasteiger partial charge < -0.3 is 4.90 Å². The maximum atomic E-state index is 4.77. The van der Waals surface area contributed by atoms with Crippen molar-refractivity contribution in [3.05, 3.63) is 54.4 Å². The van der Waals surface area contributed by atoms with Crippen LogP contribution in [0.3, 0.4) is 0 Å². The summed E-state index contributed by atoms with van der Waals surface area (Å²) in [6, 6.07) is 4.08. The summed E-state index contributed by atoms with van der Waals surface area (Å²) in [5, 5.41) is 13.3. The Balaban J connectivity index is 1.67. The van der Waals surface area contributed by atoms with E-state index in [0.717, 1.165) is 43.2 Å². The third-order valence-corrected chi connectivity index (χ3v) is 4.19. The monoisotopic (exact) mass is 323 g/mol. The topological polar surface area (TPSA) is 46.3 Å². The van der Waals surface area contributed by atoms with Gasteiger partial charge in [-0.2, -0.15) is 4.52 Å². The molecule has 5 nitrogen and oxygen atoms in total. The van der Waals surface area contributed by atoms with Crippen LogP contribution in [-0.4, -0.2) is 32.9 Å². The van der Waals surface area contributed by atoms with Crippen LogP contribution in [0.5, 0.6) is 0 Å². The zero-order valence-electron chi connectivity index (χ0n) is 14.3. The van der Waals surface area contributed by atoms with Crippen LogP contribution in [-0.2, 0) is 6.42 Å². The van der Waals surface area contributed by atoms with Gasteiger partial charge in [-0.15, -0.1) is 15.3 Å². The van der Waals surface area contributed by atoms with Crippen LogP contribution in [0.15, 0.2) is 48.6 Å². The van der Waals surface area contributed by atoms with Gasteiger partial charge in [0.2, 0.25) is 0 Å². The molecule has 2 aromatic heterocycles. The number of allylic oxidation sites excluding steroid dienone is 6. The Morgan fingerprint density at radius 1 is 1.00 bits per heavy atom. The smallest absolute Gasteiger partial charge is 0.178 e. The Labute approximate surface area is 143 Å². The molecule has 0 N–H and O–H groups in total. The average molecular weight is 323 g/mol. The van der Waals surface area contributed by atoms with Gasteiger partial charge in [-0.3, -0.25) is 0 Å². The van der Waals surface area contributed by atoms with Crippen LogP contribution in [0.2, 0.25) is 0 Å². The summed E-state index contributed by atoms with van der Waals surface area (Å²) in [6.45, 7) is 4.20. The maximum absolute atomic E-state index is 4.77. The number of hydrogen-bond acceptors (Lipinski definition) is 4. The van der Waals surface area contributed by atoms with Crippen LogP contribution in [0.1, 0.15) is 38.4 Å². The van der Waals surface area contributed by atoms with E-state index in [9.17, 15) is 0 Å². The summed E-state index contributed by atoms with van der Waals surface area (Å²) in [4.78, 5) is 2.36. The number of nitrogens with zero attached hydrogens (tertiary/aromatic N) is 5. The van der Waals surface area contributed by atoms with Gasteiger partial charge in [0.05, 0.1) is 0 Å². The Bertz CT molecular complexity index is 735. The zero-order chi connectivity index (χ0) is 16.6. The van der Waals surface area contributed by atoms with Crippen LogP contribution in [0.25, 0.3) is 5.65 Å². The van der Waals surface area contributed by atoms with Gasteiger partial charge >= 0.3 is 0 Å². The number of fused-ring (bicyclic) bond motifs is 1. The highest BCUT2D eigenvalue weighted by atomic mass is 15.4. The minimum atomic E-state index is 0.822. The van der Waals surface area contributed by atoms with E-state index in [0.29, 0.717) is 0 Å². The molecule has 126 valence electrons. The molecule has 2 aromatic rings. The van der Waals surface area contributed by atoms with E-state index in [4.69, 9.17) is 5.10 Å². The van der Waals surface area contributed by atoms with E-state index in [-0.39, 0.29) is 0 Å². The lowest BCUT2D eigenvalue weighted by Gasteiger charge is -2.27. The highest BCUT2D eigenvalue weighted by Gasteiger charge is 2.14. The summed E-state index contributed by atoms with van der Waals surface area (Å²) in [6.07, 6.45) is 17.9. The molecule has 1 aliphatic heterocycles. The van der Waals surface area contributed by atoms with Gasteiger partial charge in [0, 0.05) is 19.5 Å². The first kappa shape index (κ1) is 16.4. The van der Waals surface area contributed by atoms with Gasteiger partial charge in [0.1, 0.15) is 5.82 Å². The fraction of sp³-hybridized carbons (Fsp3) is 0.421. The van der Waals surface area contributed by atoms with E-state index in [1.54, 1.807) is 0 Å². The predicted molar refractivity (Wildman–Crippen MR) is 98.3 cm³/mol. The first-order chi connectivity index (χ1) is 11.9. The van der Waals surface area contributed by atoms with Crippen molar-refractivity contribution in [2.24, 2.45) is 0 Å². The number of hydrogen-bond donors (Lipinski definition) is 0. The first-order valence-electron chi connectivity index (χ1n) is 8.79. The normalized spacial score (nSPS) is 16.3. The molecule has 0 spiro atoms. The molecule has 0 aliphatic carbocycles. The number of piperidine rings is 1. The van der Waals surface area contributed by atoms with Crippen molar-refractivity contribution in [3.8, 4) is 0 Å². The Kier molecular flexibility index (Phi) is 5.77. The molecule has 0 bridgehead atoms. The summed E-state index contributed by atoms with van der Waals surface area (Å²) in [5.41, 5.74) is 0.822. The Morgan fingerprint density at radius 2 is 1.83 bits per heavy atom. The number of anilines is 1. The van der Waals surface area contributed by atoms with E-state index < -0.39 is 0 Å². The number of aromatic nitrogens is 4. The lowest BCUT2D eigenvalue weighted by Crippen LogP contribution is -2.30. The van der Waals surface area contributed by atoms with Gasteiger partial charge in [-0.1, -0.05) is 36.5 Å². The fourth-order valence-electron chi connectivity index (χ4n) is 2.90. The van der Waals surface area contributed by atoms with Crippen molar-refractivity contribution in [2.75, 3.05) is 18.0 Å².